The number of anilines is 3. The van der Waals surface area contributed by atoms with E-state index in [9.17, 15) is 0 Å². The van der Waals surface area contributed by atoms with E-state index in [1.54, 1.807) is 0 Å². The van der Waals surface area contributed by atoms with E-state index in [1.807, 2.05) is 18.2 Å². The number of furan rings is 1. The predicted octanol–water partition coefficient (Wildman–Crippen LogP) is 15.9. The zero-order valence-corrected chi connectivity index (χ0v) is 31.9. The average Bonchev–Trinajstić information content (AvgIpc) is 3.75. The topological polar surface area (TPSA) is 16.4 Å². The highest BCUT2D eigenvalue weighted by Gasteiger charge is 2.18. The van der Waals surface area contributed by atoms with Gasteiger partial charge >= 0.3 is 0 Å². The molecule has 274 valence electrons. The summed E-state index contributed by atoms with van der Waals surface area (Å²) in [7, 11) is 0. The van der Waals surface area contributed by atoms with Gasteiger partial charge in [0, 0.05) is 28.0 Å². The lowest BCUT2D eigenvalue weighted by Crippen LogP contribution is -2.10. The van der Waals surface area contributed by atoms with Crippen LogP contribution in [0.15, 0.2) is 241 Å². The van der Waals surface area contributed by atoms with E-state index in [4.69, 9.17) is 4.42 Å². The maximum atomic E-state index is 6.35. The lowest BCUT2D eigenvalue weighted by Gasteiger charge is -2.27. The molecule has 10 rings (SSSR count). The van der Waals surface area contributed by atoms with Gasteiger partial charge in [-0.05, 0) is 116 Å². The van der Waals surface area contributed by atoms with Crippen LogP contribution in [0.5, 0.6) is 0 Å². The van der Waals surface area contributed by atoms with Gasteiger partial charge in [-0.15, -0.1) is 0 Å². The quantitative estimate of drug-likeness (QED) is 0.146. The fourth-order valence-corrected chi connectivity index (χ4v) is 7.95. The van der Waals surface area contributed by atoms with E-state index < -0.39 is 0 Å². The molecule has 0 aliphatic heterocycles. The highest BCUT2D eigenvalue weighted by molar-refractivity contribution is 5.90. The number of hydrogen-bond donors (Lipinski definition) is 0. The zero-order chi connectivity index (χ0) is 38.7. The van der Waals surface area contributed by atoms with Crippen LogP contribution in [0.1, 0.15) is 0 Å². The second-order valence-electron chi connectivity index (χ2n) is 14.6. The van der Waals surface area contributed by atoms with E-state index >= 15 is 0 Å². The Morgan fingerprint density at radius 1 is 0.259 bits per heavy atom. The van der Waals surface area contributed by atoms with Crippen molar-refractivity contribution in [3.63, 3.8) is 0 Å². The molecule has 0 amide bonds. The van der Waals surface area contributed by atoms with Gasteiger partial charge in [0.25, 0.3) is 0 Å². The van der Waals surface area contributed by atoms with Gasteiger partial charge in [-0.2, -0.15) is 0 Å². The molecule has 0 spiro atoms. The van der Waals surface area contributed by atoms with E-state index in [0.29, 0.717) is 0 Å². The van der Waals surface area contributed by atoms with Crippen LogP contribution >= 0.6 is 0 Å². The molecule has 0 unspecified atom stereocenters. The van der Waals surface area contributed by atoms with Crippen molar-refractivity contribution in [2.24, 2.45) is 0 Å². The molecule has 10 aromatic rings. The summed E-state index contributed by atoms with van der Waals surface area (Å²) in [5, 5.41) is 1.10. The Kier molecular flexibility index (Phi) is 9.27. The van der Waals surface area contributed by atoms with Gasteiger partial charge in [-0.1, -0.05) is 176 Å². The third-order valence-corrected chi connectivity index (χ3v) is 10.9. The number of rotatable bonds is 9. The smallest absolute Gasteiger partial charge is 0.136 e. The predicted molar refractivity (Wildman–Crippen MR) is 244 cm³/mol. The van der Waals surface area contributed by atoms with Crippen molar-refractivity contribution in [3.8, 4) is 67.0 Å². The first-order chi connectivity index (χ1) is 28.7. The molecule has 1 heterocycles. The number of hydrogen-bond acceptors (Lipinski definition) is 2. The monoisotopic (exact) mass is 741 g/mol. The molecule has 0 saturated carbocycles. The number of fused-ring (bicyclic) bond motifs is 1. The van der Waals surface area contributed by atoms with E-state index in [1.165, 1.54) is 33.4 Å². The van der Waals surface area contributed by atoms with Crippen molar-refractivity contribution in [2.45, 2.75) is 0 Å². The Morgan fingerprint density at radius 2 is 0.690 bits per heavy atom. The Bertz CT molecular complexity index is 2880. The Labute approximate surface area is 339 Å². The van der Waals surface area contributed by atoms with Crippen LogP contribution in [-0.2, 0) is 0 Å². The van der Waals surface area contributed by atoms with Crippen molar-refractivity contribution in [2.75, 3.05) is 4.90 Å². The summed E-state index contributed by atoms with van der Waals surface area (Å²) in [5.74, 6) is 0.864. The summed E-state index contributed by atoms with van der Waals surface area (Å²) in [4.78, 5) is 2.37. The van der Waals surface area contributed by atoms with Gasteiger partial charge in [-0.25, -0.2) is 0 Å². The summed E-state index contributed by atoms with van der Waals surface area (Å²) in [6, 6.07) is 84.3. The molecule has 58 heavy (non-hydrogen) atoms. The van der Waals surface area contributed by atoms with Gasteiger partial charge in [-0.3, -0.25) is 0 Å². The second-order valence-corrected chi connectivity index (χ2v) is 14.6. The average molecular weight is 742 g/mol. The van der Waals surface area contributed by atoms with Crippen LogP contribution in [0.3, 0.4) is 0 Å². The maximum absolute atomic E-state index is 6.35. The minimum absolute atomic E-state index is 0.864. The highest BCUT2D eigenvalue weighted by Crippen LogP contribution is 2.42. The van der Waals surface area contributed by atoms with Gasteiger partial charge < -0.3 is 9.32 Å². The maximum Gasteiger partial charge on any atom is 0.136 e. The van der Waals surface area contributed by atoms with Crippen LogP contribution < -0.4 is 4.90 Å². The molecule has 0 aliphatic rings. The Morgan fingerprint density at radius 3 is 1.26 bits per heavy atom. The lowest BCUT2D eigenvalue weighted by atomic mass is 9.96. The zero-order valence-electron chi connectivity index (χ0n) is 31.9. The number of nitrogens with zero attached hydrogens (tertiary/aromatic N) is 1. The van der Waals surface area contributed by atoms with Gasteiger partial charge in [0.05, 0.1) is 0 Å². The normalized spacial score (nSPS) is 11.1. The Hall–Kier alpha value is -7.68. The summed E-state index contributed by atoms with van der Waals surface area (Å²) in [5.41, 5.74) is 16.9. The molecule has 2 nitrogen and oxygen atoms in total. The summed E-state index contributed by atoms with van der Waals surface area (Å²) >= 11 is 0. The fourth-order valence-electron chi connectivity index (χ4n) is 7.95. The molecule has 0 bridgehead atoms. The van der Waals surface area contributed by atoms with Crippen molar-refractivity contribution in [1.29, 1.82) is 0 Å². The molecular formula is C56H39NO. The molecule has 0 saturated heterocycles. The summed E-state index contributed by atoms with van der Waals surface area (Å²) in [6.07, 6.45) is 0. The molecule has 0 radical (unpaired) electrons. The molecule has 1 aromatic heterocycles. The first-order valence-corrected chi connectivity index (χ1v) is 19.7. The van der Waals surface area contributed by atoms with Crippen molar-refractivity contribution in [1.82, 2.24) is 0 Å². The van der Waals surface area contributed by atoms with E-state index in [0.717, 1.165) is 61.6 Å². The third kappa shape index (κ3) is 7.00. The van der Waals surface area contributed by atoms with Crippen molar-refractivity contribution >= 4 is 28.0 Å². The SMILES string of the molecule is c1ccc(-c2cccc(-c3ccc(N(c4ccc(-c5ccccc5-c5cc6ccccc6o5)cc4)c4cc(-c5ccccc5)cc(-c5ccccc5)c4)cc3)c2)cc1. The van der Waals surface area contributed by atoms with Crippen LogP contribution in [0.4, 0.5) is 17.1 Å². The van der Waals surface area contributed by atoms with Crippen LogP contribution in [0.25, 0.3) is 77.9 Å². The molecule has 0 N–H and O–H groups in total. The lowest BCUT2D eigenvalue weighted by molar-refractivity contribution is 0.632. The van der Waals surface area contributed by atoms with Crippen LogP contribution in [0.2, 0.25) is 0 Å². The molecule has 2 heteroatoms. The third-order valence-electron chi connectivity index (χ3n) is 10.9. The second kappa shape index (κ2) is 15.5. The molecular weight excluding hydrogens is 703 g/mol. The number of para-hydroxylation sites is 1. The van der Waals surface area contributed by atoms with Crippen molar-refractivity contribution in [3.05, 3.63) is 237 Å². The van der Waals surface area contributed by atoms with E-state index in [2.05, 4.69) is 223 Å². The fraction of sp³-hybridized carbons (Fsp3) is 0. The minimum atomic E-state index is 0.864. The molecule has 0 aliphatic carbocycles. The standard InChI is InChI=1S/C56H39NO/c1-4-15-40(16-5-1)45-22-14-23-46(35-45)43-27-31-50(32-28-43)57(52-37-48(41-17-6-2-7-18-41)36-49(38-52)42-19-8-3-9-20-42)51-33-29-44(30-34-51)53-24-11-12-25-54(53)56-39-47-21-10-13-26-55(47)58-56/h1-39H. The summed E-state index contributed by atoms with van der Waals surface area (Å²) < 4.78 is 6.35. The summed E-state index contributed by atoms with van der Waals surface area (Å²) in [6.45, 7) is 0. The first kappa shape index (κ1) is 34.8. The van der Waals surface area contributed by atoms with Crippen molar-refractivity contribution < 1.29 is 4.42 Å². The molecule has 9 aromatic carbocycles. The van der Waals surface area contributed by atoms with Gasteiger partial charge in [0.15, 0.2) is 0 Å². The molecule has 0 fully saturated rings. The minimum Gasteiger partial charge on any atom is -0.456 e. The first-order valence-electron chi connectivity index (χ1n) is 19.7. The molecule has 0 atom stereocenters. The van der Waals surface area contributed by atoms with E-state index in [-0.39, 0.29) is 0 Å². The van der Waals surface area contributed by atoms with Crippen LogP contribution in [0, 0.1) is 0 Å². The highest BCUT2D eigenvalue weighted by atomic mass is 16.3. The van der Waals surface area contributed by atoms with Gasteiger partial charge in [0.1, 0.15) is 11.3 Å². The Balaban J connectivity index is 1.09. The van der Waals surface area contributed by atoms with Gasteiger partial charge in [0.2, 0.25) is 0 Å². The number of benzene rings is 9. The largest absolute Gasteiger partial charge is 0.456 e. The van der Waals surface area contributed by atoms with Crippen LogP contribution in [-0.4, -0.2) is 0 Å².